The van der Waals surface area contributed by atoms with Crippen molar-refractivity contribution < 1.29 is 29.0 Å². The first-order valence-electron chi connectivity index (χ1n) is 11.8. The summed E-state index contributed by atoms with van der Waals surface area (Å²) in [5, 5.41) is 8.87. The van der Waals surface area contributed by atoms with Crippen molar-refractivity contribution >= 4 is 17.9 Å². The van der Waals surface area contributed by atoms with Crippen molar-refractivity contribution in [3.05, 3.63) is 11.6 Å². The Morgan fingerprint density at radius 1 is 1.10 bits per heavy atom. The van der Waals surface area contributed by atoms with Crippen molar-refractivity contribution in [1.29, 1.82) is 0 Å². The maximum absolute atomic E-state index is 11.9. The second-order valence-corrected chi connectivity index (χ2v) is 11.0. The van der Waals surface area contributed by atoms with Gasteiger partial charge in [0.15, 0.2) is 0 Å². The van der Waals surface area contributed by atoms with Gasteiger partial charge in [0, 0.05) is 12.3 Å². The Kier molecular flexibility index (Phi) is 5.72. The molecule has 4 aliphatic rings. The molecule has 6 atom stereocenters. The number of carbonyl (C=O) groups excluding carboxylic acids is 2. The van der Waals surface area contributed by atoms with Crippen molar-refractivity contribution in [2.45, 2.75) is 78.6 Å². The summed E-state index contributed by atoms with van der Waals surface area (Å²) in [5.74, 6) is -0.498. The Balaban J connectivity index is 1.56. The summed E-state index contributed by atoms with van der Waals surface area (Å²) in [7, 11) is 0. The molecule has 0 heterocycles. The molecule has 172 valence electrons. The predicted octanol–water partition coefficient (Wildman–Crippen LogP) is 4.52. The van der Waals surface area contributed by atoms with Gasteiger partial charge in [-0.25, -0.2) is 0 Å². The highest BCUT2D eigenvalue weighted by Crippen LogP contribution is 2.73. The van der Waals surface area contributed by atoms with E-state index in [9.17, 15) is 14.4 Å². The van der Waals surface area contributed by atoms with Gasteiger partial charge in [-0.2, -0.15) is 0 Å². The fraction of sp³-hybridized carbons (Fsp3) is 0.800. The van der Waals surface area contributed by atoms with E-state index in [2.05, 4.69) is 19.9 Å². The first kappa shape index (κ1) is 22.3. The minimum Gasteiger partial charge on any atom is -0.481 e. The third kappa shape index (κ3) is 3.70. The topological polar surface area (TPSA) is 89.9 Å². The van der Waals surface area contributed by atoms with Crippen LogP contribution in [0.4, 0.5) is 0 Å². The first-order valence-corrected chi connectivity index (χ1v) is 11.8. The molecule has 6 nitrogen and oxygen atoms in total. The van der Waals surface area contributed by atoms with Crippen LogP contribution in [0, 0.1) is 34.0 Å². The minimum atomic E-state index is -1.14. The molecular formula is C25H36O6. The van der Waals surface area contributed by atoms with Crippen LogP contribution in [0.15, 0.2) is 11.6 Å². The van der Waals surface area contributed by atoms with Crippen molar-refractivity contribution in [2.24, 2.45) is 34.0 Å². The van der Waals surface area contributed by atoms with Crippen LogP contribution in [-0.4, -0.2) is 36.2 Å². The Bertz CT molecular complexity index is 802. The highest BCUT2D eigenvalue weighted by atomic mass is 16.5. The highest BCUT2D eigenvalue weighted by molar-refractivity contribution is 5.90. The first-order chi connectivity index (χ1) is 14.6. The number of hydrogen-bond acceptors (Lipinski definition) is 5. The zero-order valence-electron chi connectivity index (χ0n) is 19.1. The van der Waals surface area contributed by atoms with E-state index in [0.717, 1.165) is 32.1 Å². The minimum absolute atomic E-state index is 0.110. The van der Waals surface area contributed by atoms with Crippen LogP contribution in [-0.2, 0) is 23.9 Å². The Morgan fingerprint density at radius 2 is 1.87 bits per heavy atom. The molecule has 6 heteroatoms. The lowest BCUT2D eigenvalue weighted by molar-refractivity contribution is -0.178. The molecule has 0 aliphatic heterocycles. The average Bonchev–Trinajstić information content (AvgIpc) is 3.07. The van der Waals surface area contributed by atoms with Gasteiger partial charge in [0.25, 0.3) is 0 Å². The molecule has 0 aromatic heterocycles. The maximum atomic E-state index is 11.9. The van der Waals surface area contributed by atoms with Gasteiger partial charge < -0.3 is 14.6 Å². The smallest absolute Gasteiger partial charge is 0.317 e. The third-order valence-corrected chi connectivity index (χ3v) is 9.46. The standard InChI is InChI=1S/C25H36O6/c1-16(26)30-14-18-11-19-5-6-20-23(2,15-31-22(29)12-21(27)28)8-4-9-24(20,3)25(19)10-7-17(18)13-25/h11,17,19-20H,4-10,12-15H2,1-3H3,(H,27,28). The van der Waals surface area contributed by atoms with Gasteiger partial charge in [0.05, 0.1) is 6.61 Å². The van der Waals surface area contributed by atoms with Gasteiger partial charge in [-0.1, -0.05) is 26.3 Å². The number of aliphatic carboxylic acids is 1. The van der Waals surface area contributed by atoms with Gasteiger partial charge in [0.2, 0.25) is 0 Å². The maximum Gasteiger partial charge on any atom is 0.317 e. The summed E-state index contributed by atoms with van der Waals surface area (Å²) in [6.07, 6.45) is 11.0. The largest absolute Gasteiger partial charge is 0.481 e. The zero-order valence-corrected chi connectivity index (χ0v) is 19.1. The fourth-order valence-electron chi connectivity index (χ4n) is 8.11. The molecule has 0 aromatic carbocycles. The molecule has 0 aromatic rings. The lowest BCUT2D eigenvalue weighted by Gasteiger charge is -2.65. The normalized spacial score (nSPS) is 40.9. The summed E-state index contributed by atoms with van der Waals surface area (Å²) in [5.41, 5.74) is 1.66. The number of carboxylic acid groups (broad SMARTS) is 1. The number of esters is 2. The molecular weight excluding hydrogens is 396 g/mol. The van der Waals surface area contributed by atoms with E-state index in [1.807, 2.05) is 0 Å². The van der Waals surface area contributed by atoms with Crippen molar-refractivity contribution in [1.82, 2.24) is 0 Å². The van der Waals surface area contributed by atoms with E-state index < -0.39 is 18.4 Å². The molecule has 0 radical (unpaired) electrons. The van der Waals surface area contributed by atoms with Crippen molar-refractivity contribution in [2.75, 3.05) is 13.2 Å². The number of carbonyl (C=O) groups is 3. The fourth-order valence-corrected chi connectivity index (χ4v) is 8.11. The zero-order chi connectivity index (χ0) is 22.4. The summed E-state index contributed by atoms with van der Waals surface area (Å²) < 4.78 is 10.9. The molecule has 4 aliphatic carbocycles. The number of carboxylic acids is 1. The monoisotopic (exact) mass is 432 g/mol. The van der Waals surface area contributed by atoms with Crippen LogP contribution in [0.25, 0.3) is 0 Å². The van der Waals surface area contributed by atoms with Gasteiger partial charge >= 0.3 is 17.9 Å². The molecule has 3 saturated carbocycles. The number of rotatable bonds is 6. The van der Waals surface area contributed by atoms with Crippen LogP contribution >= 0.6 is 0 Å². The van der Waals surface area contributed by atoms with Crippen LogP contribution in [0.1, 0.15) is 78.6 Å². The Hall–Kier alpha value is -1.85. The third-order valence-electron chi connectivity index (χ3n) is 9.46. The van der Waals surface area contributed by atoms with E-state index in [1.165, 1.54) is 31.8 Å². The van der Waals surface area contributed by atoms with Crippen LogP contribution in [0.3, 0.4) is 0 Å². The second kappa shape index (κ2) is 7.93. The lowest BCUT2D eigenvalue weighted by atomic mass is 9.39. The van der Waals surface area contributed by atoms with Gasteiger partial charge in [0.1, 0.15) is 13.0 Å². The van der Waals surface area contributed by atoms with Crippen LogP contribution in [0.5, 0.6) is 0 Å². The predicted molar refractivity (Wildman–Crippen MR) is 114 cm³/mol. The van der Waals surface area contributed by atoms with E-state index in [1.54, 1.807) is 0 Å². The number of fused-ring (bicyclic) bond motifs is 2. The van der Waals surface area contributed by atoms with E-state index in [-0.39, 0.29) is 22.2 Å². The molecule has 2 bridgehead atoms. The van der Waals surface area contributed by atoms with Crippen molar-refractivity contribution in [3.63, 3.8) is 0 Å². The molecule has 1 spiro atoms. The number of hydrogen-bond donors (Lipinski definition) is 1. The SMILES string of the molecule is CC(=O)OCC1=CC2CCC3C(C)(COC(=O)CC(=O)O)CCCC3(C)C23CCC1C3. The summed E-state index contributed by atoms with van der Waals surface area (Å²) in [4.78, 5) is 34.1. The molecule has 6 unspecified atom stereocenters. The van der Waals surface area contributed by atoms with Gasteiger partial charge in [-0.05, 0) is 79.1 Å². The molecule has 4 rings (SSSR count). The molecule has 1 N–H and O–H groups in total. The number of allylic oxidation sites excluding steroid dienone is 1. The molecule has 31 heavy (non-hydrogen) atoms. The van der Waals surface area contributed by atoms with Crippen LogP contribution < -0.4 is 0 Å². The quantitative estimate of drug-likeness (QED) is 0.377. The number of ether oxygens (including phenoxy) is 2. The molecule has 0 amide bonds. The highest BCUT2D eigenvalue weighted by Gasteiger charge is 2.66. The molecule has 3 fully saturated rings. The summed E-state index contributed by atoms with van der Waals surface area (Å²) >= 11 is 0. The van der Waals surface area contributed by atoms with Crippen LogP contribution in [0.2, 0.25) is 0 Å². The summed E-state index contributed by atoms with van der Waals surface area (Å²) in [6.45, 7) is 6.95. The lowest BCUT2D eigenvalue weighted by Crippen LogP contribution is -2.59. The Labute approximate surface area is 184 Å². The van der Waals surface area contributed by atoms with E-state index in [4.69, 9.17) is 14.6 Å². The van der Waals surface area contributed by atoms with E-state index >= 15 is 0 Å². The average molecular weight is 433 g/mol. The second-order valence-electron chi connectivity index (χ2n) is 11.0. The summed E-state index contributed by atoms with van der Waals surface area (Å²) in [6, 6.07) is 0. The Morgan fingerprint density at radius 3 is 2.58 bits per heavy atom. The van der Waals surface area contributed by atoms with E-state index in [0.29, 0.717) is 31.0 Å². The molecule has 0 saturated heterocycles. The van der Waals surface area contributed by atoms with Crippen molar-refractivity contribution in [3.8, 4) is 0 Å². The van der Waals surface area contributed by atoms with Gasteiger partial charge in [-0.3, -0.25) is 14.4 Å². The van der Waals surface area contributed by atoms with Gasteiger partial charge in [-0.15, -0.1) is 0 Å².